The van der Waals surface area contributed by atoms with Crippen LogP contribution in [0.5, 0.6) is 5.75 Å². The molecule has 0 radical (unpaired) electrons. The smallest absolute Gasteiger partial charge is 0.140 e. The molecule has 1 N–H and O–H groups in total. The molecule has 1 aromatic carbocycles. The first kappa shape index (κ1) is 11.7. The molecule has 3 heteroatoms. The van der Waals surface area contributed by atoms with Crippen molar-refractivity contribution in [2.45, 2.75) is 20.0 Å². The molecule has 0 saturated heterocycles. The van der Waals surface area contributed by atoms with Crippen LogP contribution in [0.4, 0.5) is 0 Å². The van der Waals surface area contributed by atoms with Gasteiger partial charge in [-0.3, -0.25) is 0 Å². The third kappa shape index (κ3) is 2.50. The number of aryl methyl sites for hydroxylation is 1. The van der Waals surface area contributed by atoms with E-state index in [1.807, 2.05) is 44.2 Å². The fourth-order valence-corrected chi connectivity index (χ4v) is 1.75. The Kier molecular flexibility index (Phi) is 3.49. The highest BCUT2D eigenvalue weighted by molar-refractivity contribution is 5.38. The summed E-state index contributed by atoms with van der Waals surface area (Å²) < 4.78 is 10.9. The molecule has 0 aliphatic heterocycles. The standard InChI is InChI=1S/C14H16O3/c1-3-16-12-7-5-4-6-11(12)14(15)13-9-8-10(2)17-13/h4-9,14-15H,3H2,1-2H3. The van der Waals surface area contributed by atoms with Gasteiger partial charge < -0.3 is 14.3 Å². The van der Waals surface area contributed by atoms with Crippen LogP contribution in [-0.4, -0.2) is 11.7 Å². The van der Waals surface area contributed by atoms with Gasteiger partial charge in [-0.1, -0.05) is 18.2 Å². The maximum Gasteiger partial charge on any atom is 0.140 e. The molecule has 0 spiro atoms. The van der Waals surface area contributed by atoms with Gasteiger partial charge in [-0.05, 0) is 32.0 Å². The van der Waals surface area contributed by atoms with Crippen molar-refractivity contribution in [3.05, 3.63) is 53.5 Å². The molecule has 0 aliphatic carbocycles. The molecule has 0 amide bonds. The SMILES string of the molecule is CCOc1ccccc1C(O)c1ccc(C)o1. The lowest BCUT2D eigenvalue weighted by atomic mass is 10.1. The highest BCUT2D eigenvalue weighted by atomic mass is 16.5. The van der Waals surface area contributed by atoms with Crippen LogP contribution < -0.4 is 4.74 Å². The normalized spacial score (nSPS) is 12.4. The maximum absolute atomic E-state index is 10.2. The number of hydrogen-bond donors (Lipinski definition) is 1. The number of ether oxygens (including phenoxy) is 1. The third-order valence-corrected chi connectivity index (χ3v) is 2.54. The van der Waals surface area contributed by atoms with E-state index < -0.39 is 6.10 Å². The molecule has 17 heavy (non-hydrogen) atoms. The van der Waals surface area contributed by atoms with Gasteiger partial charge >= 0.3 is 0 Å². The van der Waals surface area contributed by atoms with Crippen LogP contribution in [0.3, 0.4) is 0 Å². The van der Waals surface area contributed by atoms with E-state index >= 15 is 0 Å². The molecule has 2 aromatic rings. The number of benzene rings is 1. The van der Waals surface area contributed by atoms with Crippen LogP contribution >= 0.6 is 0 Å². The van der Waals surface area contributed by atoms with Crippen LogP contribution in [0.1, 0.15) is 30.1 Å². The summed E-state index contributed by atoms with van der Waals surface area (Å²) in [6, 6.07) is 11.1. The second-order valence-electron chi connectivity index (χ2n) is 3.82. The number of para-hydroxylation sites is 1. The van der Waals surface area contributed by atoms with Crippen molar-refractivity contribution in [2.75, 3.05) is 6.61 Å². The monoisotopic (exact) mass is 232 g/mol. The third-order valence-electron chi connectivity index (χ3n) is 2.54. The van der Waals surface area contributed by atoms with E-state index in [9.17, 15) is 5.11 Å². The first-order valence-corrected chi connectivity index (χ1v) is 5.68. The molecule has 1 heterocycles. The van der Waals surface area contributed by atoms with Crippen LogP contribution in [-0.2, 0) is 0 Å². The van der Waals surface area contributed by atoms with E-state index in [1.165, 1.54) is 0 Å². The summed E-state index contributed by atoms with van der Waals surface area (Å²) in [5, 5.41) is 10.2. The summed E-state index contributed by atoms with van der Waals surface area (Å²) in [7, 11) is 0. The second kappa shape index (κ2) is 5.06. The Hall–Kier alpha value is -1.74. The summed E-state index contributed by atoms with van der Waals surface area (Å²) in [6.07, 6.45) is -0.786. The Balaban J connectivity index is 2.33. The van der Waals surface area contributed by atoms with Crippen molar-refractivity contribution in [3.63, 3.8) is 0 Å². The van der Waals surface area contributed by atoms with Crippen LogP contribution in [0.25, 0.3) is 0 Å². The minimum absolute atomic E-state index is 0.537. The molecule has 1 atom stereocenters. The van der Waals surface area contributed by atoms with Gasteiger partial charge in [-0.25, -0.2) is 0 Å². The molecular formula is C14H16O3. The van der Waals surface area contributed by atoms with Crippen molar-refractivity contribution >= 4 is 0 Å². The Bertz CT molecular complexity index is 488. The van der Waals surface area contributed by atoms with Gasteiger partial charge in [0.05, 0.1) is 6.61 Å². The van der Waals surface area contributed by atoms with Gasteiger partial charge in [0.15, 0.2) is 0 Å². The van der Waals surface area contributed by atoms with Gasteiger partial charge in [-0.15, -0.1) is 0 Å². The van der Waals surface area contributed by atoms with E-state index in [1.54, 1.807) is 6.07 Å². The summed E-state index contributed by atoms with van der Waals surface area (Å²) in [5.41, 5.74) is 0.726. The summed E-state index contributed by atoms with van der Waals surface area (Å²) >= 11 is 0. The lowest BCUT2D eigenvalue weighted by molar-refractivity contribution is 0.181. The van der Waals surface area contributed by atoms with Gasteiger partial charge in [0.2, 0.25) is 0 Å². The van der Waals surface area contributed by atoms with Gasteiger partial charge in [0.25, 0.3) is 0 Å². The minimum Gasteiger partial charge on any atom is -0.493 e. The summed E-state index contributed by atoms with van der Waals surface area (Å²) in [5.74, 6) is 2.01. The summed E-state index contributed by atoms with van der Waals surface area (Å²) in [6.45, 7) is 4.34. The zero-order valence-corrected chi connectivity index (χ0v) is 10.0. The van der Waals surface area contributed by atoms with Crippen molar-refractivity contribution in [1.82, 2.24) is 0 Å². The molecule has 2 rings (SSSR count). The van der Waals surface area contributed by atoms with Crippen molar-refractivity contribution in [1.29, 1.82) is 0 Å². The van der Waals surface area contributed by atoms with Crippen molar-refractivity contribution < 1.29 is 14.3 Å². The predicted octanol–water partition coefficient (Wildman–Crippen LogP) is 3.07. The number of furan rings is 1. The minimum atomic E-state index is -0.786. The van der Waals surface area contributed by atoms with E-state index in [0.29, 0.717) is 18.1 Å². The predicted molar refractivity (Wildman–Crippen MR) is 65.1 cm³/mol. The maximum atomic E-state index is 10.2. The highest BCUT2D eigenvalue weighted by Gasteiger charge is 2.17. The molecule has 3 nitrogen and oxygen atoms in total. The first-order chi connectivity index (χ1) is 8.22. The Labute approximate surface area is 101 Å². The van der Waals surface area contributed by atoms with Gasteiger partial charge in [-0.2, -0.15) is 0 Å². The Morgan fingerprint density at radius 2 is 2.00 bits per heavy atom. The average Bonchev–Trinajstić information content (AvgIpc) is 2.76. The zero-order chi connectivity index (χ0) is 12.3. The van der Waals surface area contributed by atoms with Gasteiger partial charge in [0.1, 0.15) is 23.4 Å². The Morgan fingerprint density at radius 3 is 2.65 bits per heavy atom. The molecule has 0 aliphatic rings. The number of rotatable bonds is 4. The lowest BCUT2D eigenvalue weighted by Gasteiger charge is -2.13. The fraction of sp³-hybridized carbons (Fsp3) is 0.286. The Morgan fingerprint density at radius 1 is 1.24 bits per heavy atom. The fourth-order valence-electron chi connectivity index (χ4n) is 1.75. The summed E-state index contributed by atoms with van der Waals surface area (Å²) in [4.78, 5) is 0. The number of aliphatic hydroxyl groups is 1. The van der Waals surface area contributed by atoms with Gasteiger partial charge in [0, 0.05) is 5.56 Å². The van der Waals surface area contributed by atoms with Crippen molar-refractivity contribution in [2.24, 2.45) is 0 Å². The molecule has 1 aromatic heterocycles. The molecule has 0 fully saturated rings. The zero-order valence-electron chi connectivity index (χ0n) is 10.0. The van der Waals surface area contributed by atoms with E-state index in [-0.39, 0.29) is 0 Å². The quantitative estimate of drug-likeness (QED) is 0.880. The molecule has 90 valence electrons. The second-order valence-corrected chi connectivity index (χ2v) is 3.82. The molecule has 0 saturated carbocycles. The topological polar surface area (TPSA) is 42.6 Å². The van der Waals surface area contributed by atoms with Crippen LogP contribution in [0.15, 0.2) is 40.8 Å². The van der Waals surface area contributed by atoms with Crippen LogP contribution in [0, 0.1) is 6.92 Å². The molecule has 1 unspecified atom stereocenters. The van der Waals surface area contributed by atoms with Crippen LogP contribution in [0.2, 0.25) is 0 Å². The average molecular weight is 232 g/mol. The number of aliphatic hydroxyl groups excluding tert-OH is 1. The highest BCUT2D eigenvalue weighted by Crippen LogP contribution is 2.30. The van der Waals surface area contributed by atoms with E-state index in [0.717, 1.165) is 11.3 Å². The van der Waals surface area contributed by atoms with Crippen molar-refractivity contribution in [3.8, 4) is 5.75 Å². The first-order valence-electron chi connectivity index (χ1n) is 5.68. The molecular weight excluding hydrogens is 216 g/mol. The molecule has 0 bridgehead atoms. The van der Waals surface area contributed by atoms with E-state index in [4.69, 9.17) is 9.15 Å². The van der Waals surface area contributed by atoms with E-state index in [2.05, 4.69) is 0 Å². The number of hydrogen-bond acceptors (Lipinski definition) is 3. The lowest BCUT2D eigenvalue weighted by Crippen LogP contribution is -2.02. The largest absolute Gasteiger partial charge is 0.493 e.